The number of piperazine rings is 1. The molecule has 4 rings (SSSR count). The number of aromatic nitrogens is 1. The summed E-state index contributed by atoms with van der Waals surface area (Å²) in [6.07, 6.45) is 0. The Bertz CT molecular complexity index is 1110. The fraction of sp³-hybridized carbons (Fsp3) is 0.263. The smallest absolute Gasteiger partial charge is 0.246 e. The molecule has 152 valence electrons. The summed E-state index contributed by atoms with van der Waals surface area (Å²) in [5, 5.41) is 0. The number of thiazole rings is 1. The molecule has 6 nitrogen and oxygen atoms in total. The van der Waals surface area contributed by atoms with Gasteiger partial charge >= 0.3 is 0 Å². The number of rotatable bonds is 5. The molecule has 1 aliphatic heterocycles. The van der Waals surface area contributed by atoms with Crippen LogP contribution in [-0.4, -0.2) is 60.4 Å². The lowest BCUT2D eigenvalue weighted by Gasteiger charge is -2.34. The van der Waals surface area contributed by atoms with Gasteiger partial charge in [0.25, 0.3) is 0 Å². The molecule has 1 aromatic heterocycles. The Labute approximate surface area is 176 Å². The maximum absolute atomic E-state index is 13.9. The normalized spacial score (nSPS) is 15.7. The first-order valence-corrected chi connectivity index (χ1v) is 12.2. The molecule has 0 saturated carbocycles. The van der Waals surface area contributed by atoms with Crippen molar-refractivity contribution in [3.8, 4) is 0 Å². The van der Waals surface area contributed by atoms with Crippen molar-refractivity contribution < 1.29 is 17.6 Å². The average molecular weight is 452 g/mol. The molecule has 2 aromatic carbocycles. The highest BCUT2D eigenvalue weighted by atomic mass is 32.2. The number of fused-ring (bicyclic) bond motifs is 1. The number of thioether (sulfide) groups is 1. The van der Waals surface area contributed by atoms with Crippen LogP contribution in [0.15, 0.2) is 57.8 Å². The van der Waals surface area contributed by atoms with Gasteiger partial charge in [-0.2, -0.15) is 4.31 Å². The number of sulfonamides is 1. The van der Waals surface area contributed by atoms with Crippen molar-refractivity contribution >= 4 is 49.2 Å². The lowest BCUT2D eigenvalue weighted by atomic mass is 10.3. The molecule has 1 amide bonds. The van der Waals surface area contributed by atoms with Crippen LogP contribution < -0.4 is 0 Å². The summed E-state index contributed by atoms with van der Waals surface area (Å²) in [7, 11) is -3.91. The van der Waals surface area contributed by atoms with Gasteiger partial charge in [0.1, 0.15) is 10.7 Å². The quantitative estimate of drug-likeness (QED) is 0.558. The molecule has 1 fully saturated rings. The molecule has 3 aromatic rings. The maximum Gasteiger partial charge on any atom is 0.246 e. The van der Waals surface area contributed by atoms with Crippen molar-refractivity contribution in [2.24, 2.45) is 0 Å². The Morgan fingerprint density at radius 1 is 1.07 bits per heavy atom. The van der Waals surface area contributed by atoms with Gasteiger partial charge in [-0.15, -0.1) is 11.3 Å². The third-order valence-corrected chi connectivity index (χ3v) is 8.74. The van der Waals surface area contributed by atoms with Gasteiger partial charge in [-0.3, -0.25) is 4.79 Å². The minimum absolute atomic E-state index is 0.0582. The Kier molecular flexibility index (Phi) is 5.86. The lowest BCUT2D eigenvalue weighted by molar-refractivity contribution is -0.129. The molecular formula is C19H18FN3O3S3. The van der Waals surface area contributed by atoms with Crippen molar-refractivity contribution in [2.45, 2.75) is 9.24 Å². The van der Waals surface area contributed by atoms with E-state index in [1.165, 1.54) is 34.3 Å². The second-order valence-electron chi connectivity index (χ2n) is 6.45. The highest BCUT2D eigenvalue weighted by molar-refractivity contribution is 8.01. The van der Waals surface area contributed by atoms with Crippen molar-refractivity contribution in [1.82, 2.24) is 14.2 Å². The fourth-order valence-electron chi connectivity index (χ4n) is 3.10. The van der Waals surface area contributed by atoms with E-state index in [9.17, 15) is 17.6 Å². The van der Waals surface area contributed by atoms with Crippen LogP contribution in [0.1, 0.15) is 0 Å². The van der Waals surface area contributed by atoms with Crippen LogP contribution in [-0.2, 0) is 14.8 Å². The van der Waals surface area contributed by atoms with E-state index in [1.54, 1.807) is 16.2 Å². The van der Waals surface area contributed by atoms with Crippen molar-refractivity contribution in [3.63, 3.8) is 0 Å². The van der Waals surface area contributed by atoms with Crippen LogP contribution in [0.25, 0.3) is 10.2 Å². The number of hydrogen-bond donors (Lipinski definition) is 0. The number of para-hydroxylation sites is 1. The number of halogens is 1. The van der Waals surface area contributed by atoms with E-state index in [-0.39, 0.29) is 42.7 Å². The molecule has 0 bridgehead atoms. The molecular weight excluding hydrogens is 433 g/mol. The number of nitrogens with zero attached hydrogens (tertiary/aromatic N) is 3. The van der Waals surface area contributed by atoms with Crippen LogP contribution in [0.2, 0.25) is 0 Å². The molecule has 2 heterocycles. The Hall–Kier alpha value is -2.01. The zero-order valence-corrected chi connectivity index (χ0v) is 17.8. The third-order valence-electron chi connectivity index (χ3n) is 4.64. The van der Waals surface area contributed by atoms with Crippen LogP contribution in [0.3, 0.4) is 0 Å². The van der Waals surface area contributed by atoms with E-state index in [0.717, 1.165) is 20.6 Å². The van der Waals surface area contributed by atoms with Gasteiger partial charge in [-0.05, 0) is 24.3 Å². The highest BCUT2D eigenvalue weighted by Crippen LogP contribution is 2.29. The van der Waals surface area contributed by atoms with Crippen LogP contribution in [0.5, 0.6) is 0 Å². The van der Waals surface area contributed by atoms with Crippen molar-refractivity contribution in [2.75, 3.05) is 31.9 Å². The SMILES string of the molecule is O=C(CSc1nc2ccccc2s1)N1CCN(S(=O)(=O)c2ccccc2F)CC1. The van der Waals surface area contributed by atoms with E-state index < -0.39 is 15.8 Å². The molecule has 0 unspecified atom stereocenters. The number of amides is 1. The minimum atomic E-state index is -3.91. The number of hydrogen-bond acceptors (Lipinski definition) is 6. The lowest BCUT2D eigenvalue weighted by Crippen LogP contribution is -2.51. The number of carbonyl (C=O) groups excluding carboxylic acids is 1. The summed E-state index contributed by atoms with van der Waals surface area (Å²) in [5.74, 6) is -0.574. The van der Waals surface area contributed by atoms with Gasteiger partial charge in [-0.1, -0.05) is 36.0 Å². The average Bonchev–Trinajstić information content (AvgIpc) is 3.15. The summed E-state index contributed by atoms with van der Waals surface area (Å²) < 4.78 is 42.4. The van der Waals surface area contributed by atoms with E-state index >= 15 is 0 Å². The molecule has 29 heavy (non-hydrogen) atoms. The van der Waals surface area contributed by atoms with Gasteiger partial charge in [0.2, 0.25) is 15.9 Å². The zero-order chi connectivity index (χ0) is 20.4. The Morgan fingerprint density at radius 2 is 1.76 bits per heavy atom. The van der Waals surface area contributed by atoms with Crippen molar-refractivity contribution in [3.05, 3.63) is 54.3 Å². The summed E-state index contributed by atoms with van der Waals surface area (Å²) in [6, 6.07) is 13.2. The summed E-state index contributed by atoms with van der Waals surface area (Å²) in [5.41, 5.74) is 0.916. The van der Waals surface area contributed by atoms with Crippen LogP contribution in [0, 0.1) is 5.82 Å². The third kappa shape index (κ3) is 4.30. The Balaban J connectivity index is 1.34. The first-order chi connectivity index (χ1) is 13.9. The van der Waals surface area contributed by atoms with E-state index in [1.807, 2.05) is 24.3 Å². The summed E-state index contributed by atoms with van der Waals surface area (Å²) in [4.78, 5) is 18.3. The second-order valence-corrected chi connectivity index (χ2v) is 10.6. The molecule has 0 spiro atoms. The predicted molar refractivity (Wildman–Crippen MR) is 112 cm³/mol. The fourth-order valence-corrected chi connectivity index (χ4v) is 6.56. The maximum atomic E-state index is 13.9. The highest BCUT2D eigenvalue weighted by Gasteiger charge is 2.31. The second kappa shape index (κ2) is 8.39. The molecule has 0 aliphatic carbocycles. The molecule has 0 atom stereocenters. The standard InChI is InChI=1S/C19H18FN3O3S3/c20-14-5-1-4-8-17(14)29(25,26)23-11-9-22(10-12-23)18(24)13-27-19-21-15-6-2-3-7-16(15)28-19/h1-8H,9-13H2. The molecule has 0 N–H and O–H groups in total. The van der Waals surface area contributed by atoms with Gasteiger partial charge in [0, 0.05) is 26.2 Å². The molecule has 0 radical (unpaired) electrons. The van der Waals surface area contributed by atoms with Crippen LogP contribution in [0.4, 0.5) is 4.39 Å². The van der Waals surface area contributed by atoms with E-state index in [0.29, 0.717) is 0 Å². The first kappa shape index (κ1) is 20.3. The predicted octanol–water partition coefficient (Wildman–Crippen LogP) is 3.06. The van der Waals surface area contributed by atoms with Gasteiger partial charge in [0.15, 0.2) is 4.34 Å². The number of benzene rings is 2. The molecule has 1 aliphatic rings. The van der Waals surface area contributed by atoms with Gasteiger partial charge in [-0.25, -0.2) is 17.8 Å². The topological polar surface area (TPSA) is 70.6 Å². The van der Waals surface area contributed by atoms with E-state index in [4.69, 9.17) is 0 Å². The van der Waals surface area contributed by atoms with Gasteiger partial charge < -0.3 is 4.90 Å². The largest absolute Gasteiger partial charge is 0.339 e. The summed E-state index contributed by atoms with van der Waals surface area (Å²) in [6.45, 7) is 0.863. The monoisotopic (exact) mass is 451 g/mol. The first-order valence-electron chi connectivity index (χ1n) is 8.96. The molecule has 10 heteroatoms. The van der Waals surface area contributed by atoms with Crippen LogP contribution >= 0.6 is 23.1 Å². The zero-order valence-electron chi connectivity index (χ0n) is 15.3. The van der Waals surface area contributed by atoms with Gasteiger partial charge in [0.05, 0.1) is 16.0 Å². The summed E-state index contributed by atoms with van der Waals surface area (Å²) >= 11 is 2.93. The molecule has 1 saturated heterocycles. The number of carbonyl (C=O) groups is 1. The Morgan fingerprint density at radius 3 is 2.48 bits per heavy atom. The minimum Gasteiger partial charge on any atom is -0.339 e. The van der Waals surface area contributed by atoms with Crippen molar-refractivity contribution in [1.29, 1.82) is 0 Å². The van der Waals surface area contributed by atoms with E-state index in [2.05, 4.69) is 4.98 Å².